The molecule has 2 aromatic heterocycles. The molecule has 3 heterocycles. The molecule has 1 aromatic carbocycles. The summed E-state index contributed by atoms with van der Waals surface area (Å²) in [7, 11) is 0. The van der Waals surface area contributed by atoms with Gasteiger partial charge in [-0.3, -0.25) is 14.8 Å². The van der Waals surface area contributed by atoms with E-state index in [1.807, 2.05) is 39.0 Å². The van der Waals surface area contributed by atoms with Crippen molar-refractivity contribution < 1.29 is 4.74 Å². The number of benzene rings is 1. The van der Waals surface area contributed by atoms with Gasteiger partial charge in [-0.05, 0) is 39.0 Å². The molecule has 3 aromatic rings. The van der Waals surface area contributed by atoms with Crippen molar-refractivity contribution in [3.8, 4) is 0 Å². The molecule has 0 aliphatic carbocycles. The van der Waals surface area contributed by atoms with Crippen LogP contribution in [-0.4, -0.2) is 63.5 Å². The molecule has 2 N–H and O–H groups in total. The highest BCUT2D eigenvalue weighted by Gasteiger charge is 2.15. The Kier molecular flexibility index (Phi) is 6.40. The number of hydrogen-bond donors (Lipinski definition) is 2. The summed E-state index contributed by atoms with van der Waals surface area (Å²) in [5.41, 5.74) is 0.886. The first kappa shape index (κ1) is 20.9. The van der Waals surface area contributed by atoms with Crippen molar-refractivity contribution >= 4 is 34.2 Å². The fourth-order valence-electron chi connectivity index (χ4n) is 3.49. The van der Waals surface area contributed by atoms with Crippen molar-refractivity contribution in [3.63, 3.8) is 0 Å². The maximum absolute atomic E-state index is 13.1. The van der Waals surface area contributed by atoms with Crippen LogP contribution in [0.4, 0.5) is 11.6 Å². The highest BCUT2D eigenvalue weighted by Crippen LogP contribution is 2.27. The van der Waals surface area contributed by atoms with Crippen LogP contribution in [0.25, 0.3) is 10.8 Å². The van der Waals surface area contributed by atoms with Crippen LogP contribution in [0.2, 0.25) is 0 Å². The summed E-state index contributed by atoms with van der Waals surface area (Å²) in [6, 6.07) is 7.90. The lowest BCUT2D eigenvalue weighted by atomic mass is 10.2. The lowest BCUT2D eigenvalue weighted by molar-refractivity contribution is 0.0410. The van der Waals surface area contributed by atoms with Crippen molar-refractivity contribution in [2.24, 2.45) is 0 Å². The molecule has 4 rings (SSSR count). The lowest BCUT2D eigenvalue weighted by Crippen LogP contribution is -2.37. The zero-order chi connectivity index (χ0) is 21.1. The number of aromatic amines is 1. The average Bonchev–Trinajstić information content (AvgIpc) is 3.15. The second kappa shape index (κ2) is 9.20. The minimum absolute atomic E-state index is 0.0407. The number of aryl methyl sites for hydroxylation is 1. The van der Waals surface area contributed by atoms with Gasteiger partial charge in [0, 0.05) is 47.4 Å². The molecular formula is C21H28N6O2S. The van der Waals surface area contributed by atoms with Gasteiger partial charge in [-0.1, -0.05) is 0 Å². The van der Waals surface area contributed by atoms with E-state index in [1.54, 1.807) is 11.8 Å². The quantitative estimate of drug-likeness (QED) is 0.559. The summed E-state index contributed by atoms with van der Waals surface area (Å²) >= 11 is 1.78. The summed E-state index contributed by atoms with van der Waals surface area (Å²) < 4.78 is 6.94. The van der Waals surface area contributed by atoms with E-state index in [0.29, 0.717) is 17.0 Å². The average molecular weight is 429 g/mol. The molecule has 9 heteroatoms. The molecule has 1 saturated heterocycles. The normalized spacial score (nSPS) is 15.2. The summed E-state index contributed by atoms with van der Waals surface area (Å²) in [4.78, 5) is 16.6. The van der Waals surface area contributed by atoms with Crippen LogP contribution < -0.4 is 10.9 Å². The topological polar surface area (TPSA) is 88.1 Å². The molecule has 0 spiro atoms. The number of anilines is 2. The number of ether oxygens (including phenoxy) is 1. The molecule has 0 unspecified atom stereocenters. The summed E-state index contributed by atoms with van der Waals surface area (Å²) in [6.45, 7) is 10.5. The monoisotopic (exact) mass is 428 g/mol. The summed E-state index contributed by atoms with van der Waals surface area (Å²) in [5, 5.41) is 16.5. The Labute approximate surface area is 180 Å². The minimum atomic E-state index is -0.0700. The maximum atomic E-state index is 13.1. The summed E-state index contributed by atoms with van der Waals surface area (Å²) in [5.74, 6) is 2.29. The van der Waals surface area contributed by atoms with Crippen molar-refractivity contribution in [2.45, 2.75) is 31.7 Å². The number of H-pyrrole nitrogens is 1. The molecule has 8 nitrogen and oxygen atoms in total. The van der Waals surface area contributed by atoms with Crippen LogP contribution in [0.5, 0.6) is 0 Å². The van der Waals surface area contributed by atoms with Crippen molar-refractivity contribution in [1.82, 2.24) is 24.9 Å². The van der Waals surface area contributed by atoms with Gasteiger partial charge in [-0.25, -0.2) is 4.68 Å². The molecule has 1 fully saturated rings. The zero-order valence-electron chi connectivity index (χ0n) is 17.6. The Morgan fingerprint density at radius 1 is 1.23 bits per heavy atom. The van der Waals surface area contributed by atoms with E-state index in [4.69, 9.17) is 4.74 Å². The van der Waals surface area contributed by atoms with Crippen LogP contribution >= 0.6 is 11.8 Å². The number of hydrogen-bond acceptors (Lipinski definition) is 7. The summed E-state index contributed by atoms with van der Waals surface area (Å²) in [6.07, 6.45) is 0. The van der Waals surface area contributed by atoms with Crippen LogP contribution in [0.15, 0.2) is 34.0 Å². The van der Waals surface area contributed by atoms with Crippen LogP contribution in [0, 0.1) is 6.92 Å². The van der Waals surface area contributed by atoms with Gasteiger partial charge in [0.15, 0.2) is 11.6 Å². The van der Waals surface area contributed by atoms with Gasteiger partial charge >= 0.3 is 0 Å². The van der Waals surface area contributed by atoms with Gasteiger partial charge in [0.2, 0.25) is 0 Å². The van der Waals surface area contributed by atoms with Crippen LogP contribution in [-0.2, 0) is 4.74 Å². The van der Waals surface area contributed by atoms with E-state index in [-0.39, 0.29) is 11.6 Å². The fourth-order valence-corrected chi connectivity index (χ4v) is 4.44. The maximum Gasteiger partial charge on any atom is 0.275 e. The molecule has 0 radical (unpaired) electrons. The number of nitrogens with one attached hydrogen (secondary N) is 2. The first-order chi connectivity index (χ1) is 14.5. The van der Waals surface area contributed by atoms with Crippen molar-refractivity contribution in [2.75, 3.05) is 43.9 Å². The Balaban J connectivity index is 1.60. The van der Waals surface area contributed by atoms with Crippen LogP contribution in [0.3, 0.4) is 0 Å². The molecule has 1 aliphatic rings. The Morgan fingerprint density at radius 3 is 2.73 bits per heavy atom. The van der Waals surface area contributed by atoms with Gasteiger partial charge in [-0.15, -0.1) is 11.8 Å². The van der Waals surface area contributed by atoms with E-state index in [2.05, 4.69) is 31.6 Å². The predicted molar refractivity (Wildman–Crippen MR) is 121 cm³/mol. The third kappa shape index (κ3) is 4.69. The number of rotatable bonds is 7. The SMILES string of the molecule is Cc1cc(Nc2nn(C(C)C)c(=O)c3cc(SCCN4CCOCC4)ccc23)n[nH]1. The number of thioether (sulfide) groups is 1. The first-order valence-electron chi connectivity index (χ1n) is 10.3. The molecule has 1 aliphatic heterocycles. The van der Waals surface area contributed by atoms with E-state index in [9.17, 15) is 4.79 Å². The second-order valence-electron chi connectivity index (χ2n) is 7.76. The van der Waals surface area contributed by atoms with Gasteiger partial charge < -0.3 is 10.1 Å². The van der Waals surface area contributed by atoms with E-state index >= 15 is 0 Å². The van der Waals surface area contributed by atoms with Crippen molar-refractivity contribution in [3.05, 3.63) is 40.3 Å². The molecule has 160 valence electrons. The molecule has 30 heavy (non-hydrogen) atoms. The number of aromatic nitrogens is 4. The molecule has 0 amide bonds. The smallest absolute Gasteiger partial charge is 0.275 e. The Bertz CT molecular complexity index is 1070. The highest BCUT2D eigenvalue weighted by molar-refractivity contribution is 7.99. The molecular weight excluding hydrogens is 400 g/mol. The first-order valence-corrected chi connectivity index (χ1v) is 11.3. The van der Waals surface area contributed by atoms with Gasteiger partial charge in [0.25, 0.3) is 5.56 Å². The standard InChI is InChI=1S/C21H28N6O2S/c1-14(2)27-21(28)18-13-16(30-11-8-26-6-9-29-10-7-26)4-5-17(18)20(25-27)22-19-12-15(3)23-24-19/h4-5,12-14H,6-11H2,1-3H3,(H2,22,23,24,25). The van der Waals surface area contributed by atoms with Crippen LogP contribution in [0.1, 0.15) is 25.6 Å². The second-order valence-corrected chi connectivity index (χ2v) is 8.93. The Hall–Kier alpha value is -2.36. The number of fused-ring (bicyclic) bond motifs is 1. The van der Waals surface area contributed by atoms with E-state index < -0.39 is 0 Å². The molecule has 0 saturated carbocycles. The van der Waals surface area contributed by atoms with Crippen molar-refractivity contribution in [1.29, 1.82) is 0 Å². The number of morpholine rings is 1. The van der Waals surface area contributed by atoms with E-state index in [0.717, 1.165) is 54.6 Å². The fraction of sp³-hybridized carbons (Fsp3) is 0.476. The molecule has 0 atom stereocenters. The third-order valence-electron chi connectivity index (χ3n) is 5.11. The highest BCUT2D eigenvalue weighted by atomic mass is 32.2. The van der Waals surface area contributed by atoms with E-state index in [1.165, 1.54) is 4.68 Å². The zero-order valence-corrected chi connectivity index (χ0v) is 18.5. The third-order valence-corrected chi connectivity index (χ3v) is 6.09. The lowest BCUT2D eigenvalue weighted by Gasteiger charge is -2.26. The van der Waals surface area contributed by atoms with Gasteiger partial charge in [0.05, 0.1) is 24.6 Å². The largest absolute Gasteiger partial charge is 0.379 e. The minimum Gasteiger partial charge on any atom is -0.379 e. The molecule has 0 bridgehead atoms. The van der Waals surface area contributed by atoms with Gasteiger partial charge in [-0.2, -0.15) is 10.2 Å². The van der Waals surface area contributed by atoms with Gasteiger partial charge in [0.1, 0.15) is 0 Å². The Morgan fingerprint density at radius 2 is 2.03 bits per heavy atom. The number of nitrogens with zero attached hydrogens (tertiary/aromatic N) is 4. The predicted octanol–water partition coefficient (Wildman–Crippen LogP) is 3.18.